The Balaban J connectivity index is 2.33. The lowest BCUT2D eigenvalue weighted by molar-refractivity contribution is -0.125. The maximum absolute atomic E-state index is 11.9. The van der Waals surface area contributed by atoms with E-state index in [0.29, 0.717) is 18.7 Å². The van der Waals surface area contributed by atoms with Gasteiger partial charge in [0.05, 0.1) is 5.69 Å². The second-order valence-electron chi connectivity index (χ2n) is 3.67. The molecule has 16 heavy (non-hydrogen) atoms. The van der Waals surface area contributed by atoms with Crippen LogP contribution in [0, 0.1) is 0 Å². The predicted molar refractivity (Wildman–Crippen MR) is 59.6 cm³/mol. The molecule has 4 heteroatoms. The molecule has 1 amide bonds. The van der Waals surface area contributed by atoms with Crippen molar-refractivity contribution in [1.29, 1.82) is 0 Å². The number of anilines is 1. The van der Waals surface area contributed by atoms with Gasteiger partial charge in [-0.3, -0.25) is 4.79 Å². The summed E-state index contributed by atoms with van der Waals surface area (Å²) in [4.78, 5) is 23.9. The van der Waals surface area contributed by atoms with E-state index in [4.69, 9.17) is 4.74 Å². The fraction of sp³-hybridized carbons (Fsp3) is 0.333. The Morgan fingerprint density at radius 3 is 2.94 bits per heavy atom. The monoisotopic (exact) mass is 219 g/mol. The quantitative estimate of drug-likeness (QED) is 0.722. The minimum atomic E-state index is -0.485. The average Bonchev–Trinajstić information content (AvgIpc) is 2.30. The van der Waals surface area contributed by atoms with E-state index in [-0.39, 0.29) is 5.91 Å². The lowest BCUT2D eigenvalue weighted by Gasteiger charge is -2.32. The zero-order valence-electron chi connectivity index (χ0n) is 9.05. The molecule has 1 aliphatic heterocycles. The minimum absolute atomic E-state index is 0.0967. The maximum atomic E-state index is 11.9. The van der Waals surface area contributed by atoms with Gasteiger partial charge in [-0.1, -0.05) is 12.1 Å². The van der Waals surface area contributed by atoms with E-state index in [1.54, 1.807) is 11.8 Å². The van der Waals surface area contributed by atoms with Crippen molar-refractivity contribution in [2.45, 2.75) is 19.4 Å². The molecule has 1 aromatic rings. The molecule has 1 atom stereocenters. The Bertz CT molecular complexity index is 416. The van der Waals surface area contributed by atoms with E-state index in [0.717, 1.165) is 12.0 Å². The molecule has 0 aliphatic carbocycles. The van der Waals surface area contributed by atoms with Crippen LogP contribution in [0.4, 0.5) is 5.69 Å². The number of aldehydes is 1. The first-order chi connectivity index (χ1) is 7.74. The Labute approximate surface area is 93.8 Å². The molecule has 1 aromatic carbocycles. The van der Waals surface area contributed by atoms with Gasteiger partial charge < -0.3 is 14.4 Å². The van der Waals surface area contributed by atoms with Crippen LogP contribution < -0.4 is 9.64 Å². The van der Waals surface area contributed by atoms with Crippen molar-refractivity contribution in [3.63, 3.8) is 0 Å². The Hall–Kier alpha value is -1.84. The van der Waals surface area contributed by atoms with Crippen LogP contribution in [0.15, 0.2) is 24.3 Å². The van der Waals surface area contributed by atoms with Crippen molar-refractivity contribution in [3.05, 3.63) is 24.3 Å². The van der Waals surface area contributed by atoms with Crippen LogP contribution in [0.25, 0.3) is 0 Å². The van der Waals surface area contributed by atoms with Crippen LogP contribution in [-0.2, 0) is 9.59 Å². The molecule has 84 valence electrons. The van der Waals surface area contributed by atoms with Gasteiger partial charge in [-0.15, -0.1) is 0 Å². The zero-order valence-corrected chi connectivity index (χ0v) is 9.05. The maximum Gasteiger partial charge on any atom is 0.267 e. The SMILES string of the molecule is CC1Oc2ccccc2N(CCC=O)C1=O. The number of amides is 1. The highest BCUT2D eigenvalue weighted by Crippen LogP contribution is 2.33. The van der Waals surface area contributed by atoms with Crippen LogP contribution in [0.3, 0.4) is 0 Å². The smallest absolute Gasteiger partial charge is 0.267 e. The summed E-state index contributed by atoms with van der Waals surface area (Å²) in [7, 11) is 0. The summed E-state index contributed by atoms with van der Waals surface area (Å²) in [6, 6.07) is 7.36. The number of benzene rings is 1. The number of carbonyl (C=O) groups is 2. The van der Waals surface area contributed by atoms with Gasteiger partial charge in [0, 0.05) is 13.0 Å². The third kappa shape index (κ3) is 1.78. The number of hydrogen-bond donors (Lipinski definition) is 0. The van der Waals surface area contributed by atoms with Gasteiger partial charge >= 0.3 is 0 Å². The Kier molecular flexibility index (Phi) is 2.90. The Morgan fingerprint density at radius 2 is 2.19 bits per heavy atom. The van der Waals surface area contributed by atoms with Crippen molar-refractivity contribution < 1.29 is 14.3 Å². The van der Waals surface area contributed by atoms with Crippen LogP contribution in [-0.4, -0.2) is 24.8 Å². The number of hydrogen-bond acceptors (Lipinski definition) is 3. The van der Waals surface area contributed by atoms with E-state index < -0.39 is 6.10 Å². The normalized spacial score (nSPS) is 18.9. The van der Waals surface area contributed by atoms with Gasteiger partial charge in [0.2, 0.25) is 0 Å². The summed E-state index contributed by atoms with van der Waals surface area (Å²) < 4.78 is 5.47. The molecule has 4 nitrogen and oxygen atoms in total. The van der Waals surface area contributed by atoms with Gasteiger partial charge in [0.15, 0.2) is 6.10 Å². The number of rotatable bonds is 3. The first kappa shape index (κ1) is 10.7. The molecule has 0 N–H and O–H groups in total. The van der Waals surface area contributed by atoms with Crippen molar-refractivity contribution >= 4 is 17.9 Å². The molecule has 0 bridgehead atoms. The van der Waals surface area contributed by atoms with E-state index in [1.807, 2.05) is 24.3 Å². The van der Waals surface area contributed by atoms with Crippen LogP contribution in [0.1, 0.15) is 13.3 Å². The van der Waals surface area contributed by atoms with E-state index in [9.17, 15) is 9.59 Å². The molecule has 0 saturated heterocycles. The summed E-state index contributed by atoms with van der Waals surface area (Å²) >= 11 is 0. The lowest BCUT2D eigenvalue weighted by atomic mass is 10.2. The van der Waals surface area contributed by atoms with Crippen molar-refractivity contribution in [1.82, 2.24) is 0 Å². The molecule has 2 rings (SSSR count). The average molecular weight is 219 g/mol. The standard InChI is InChI=1S/C12H13NO3/c1-9-12(15)13(7-4-8-14)10-5-2-3-6-11(10)16-9/h2-3,5-6,8-9H,4,7H2,1H3. The van der Waals surface area contributed by atoms with Crippen molar-refractivity contribution in [2.24, 2.45) is 0 Å². The highest BCUT2D eigenvalue weighted by atomic mass is 16.5. The molecular formula is C12H13NO3. The fourth-order valence-corrected chi connectivity index (χ4v) is 1.77. The summed E-state index contributed by atoms with van der Waals surface area (Å²) in [6.45, 7) is 2.12. The molecule has 1 heterocycles. The van der Waals surface area contributed by atoms with Gasteiger partial charge in [0.25, 0.3) is 5.91 Å². The summed E-state index contributed by atoms with van der Waals surface area (Å²) in [5.74, 6) is 0.598. The highest BCUT2D eigenvalue weighted by Gasteiger charge is 2.30. The predicted octanol–water partition coefficient (Wildman–Crippen LogP) is 1.39. The summed E-state index contributed by atoms with van der Waals surface area (Å²) in [6.07, 6.45) is 0.671. The Morgan fingerprint density at radius 1 is 1.44 bits per heavy atom. The van der Waals surface area contributed by atoms with E-state index >= 15 is 0 Å². The largest absolute Gasteiger partial charge is 0.479 e. The molecule has 1 unspecified atom stereocenters. The van der Waals surface area contributed by atoms with Crippen molar-refractivity contribution in [2.75, 3.05) is 11.4 Å². The molecule has 0 aromatic heterocycles. The fourth-order valence-electron chi connectivity index (χ4n) is 1.77. The van der Waals surface area contributed by atoms with E-state index in [1.165, 1.54) is 0 Å². The van der Waals surface area contributed by atoms with Crippen LogP contribution in [0.5, 0.6) is 5.75 Å². The molecular weight excluding hydrogens is 206 g/mol. The van der Waals surface area contributed by atoms with Gasteiger partial charge in [-0.2, -0.15) is 0 Å². The molecule has 1 aliphatic rings. The number of ether oxygens (including phenoxy) is 1. The number of para-hydroxylation sites is 2. The molecule has 0 radical (unpaired) electrons. The van der Waals surface area contributed by atoms with Crippen molar-refractivity contribution in [3.8, 4) is 5.75 Å². The third-order valence-corrected chi connectivity index (χ3v) is 2.54. The van der Waals surface area contributed by atoms with Crippen LogP contribution >= 0.6 is 0 Å². The zero-order chi connectivity index (χ0) is 11.5. The summed E-state index contributed by atoms with van der Waals surface area (Å²) in [5, 5.41) is 0. The lowest BCUT2D eigenvalue weighted by Crippen LogP contribution is -2.44. The summed E-state index contributed by atoms with van der Waals surface area (Å²) in [5.41, 5.74) is 0.743. The minimum Gasteiger partial charge on any atom is -0.479 e. The van der Waals surface area contributed by atoms with Gasteiger partial charge in [-0.05, 0) is 19.1 Å². The van der Waals surface area contributed by atoms with Gasteiger partial charge in [-0.25, -0.2) is 0 Å². The highest BCUT2D eigenvalue weighted by molar-refractivity contribution is 5.99. The number of nitrogens with zero attached hydrogens (tertiary/aromatic N) is 1. The number of carbonyl (C=O) groups excluding carboxylic acids is 2. The molecule has 0 spiro atoms. The first-order valence-corrected chi connectivity index (χ1v) is 5.24. The van der Waals surface area contributed by atoms with Gasteiger partial charge in [0.1, 0.15) is 12.0 Å². The first-order valence-electron chi connectivity index (χ1n) is 5.24. The topological polar surface area (TPSA) is 46.6 Å². The third-order valence-electron chi connectivity index (χ3n) is 2.54. The second kappa shape index (κ2) is 4.35. The van der Waals surface area contributed by atoms with E-state index in [2.05, 4.69) is 0 Å². The molecule has 0 fully saturated rings. The second-order valence-corrected chi connectivity index (χ2v) is 3.67. The van der Waals surface area contributed by atoms with Crippen LogP contribution in [0.2, 0.25) is 0 Å². The molecule has 0 saturated carbocycles. The number of fused-ring (bicyclic) bond motifs is 1.